The van der Waals surface area contributed by atoms with Gasteiger partial charge in [0.1, 0.15) is 6.04 Å². The topological polar surface area (TPSA) is 77.8 Å². The lowest BCUT2D eigenvalue weighted by molar-refractivity contribution is -0.141. The molecule has 2 N–H and O–H groups in total. The van der Waals surface area contributed by atoms with Gasteiger partial charge >= 0.3 is 5.97 Å². The number of amides is 1. The van der Waals surface area contributed by atoms with Crippen LogP contribution in [-0.4, -0.2) is 45.7 Å². The van der Waals surface area contributed by atoms with Gasteiger partial charge < -0.3 is 15.1 Å². The van der Waals surface area contributed by atoms with Gasteiger partial charge in [-0.2, -0.15) is 0 Å². The van der Waals surface area contributed by atoms with Crippen LogP contribution in [0.1, 0.15) is 28.6 Å². The predicted octanol–water partition coefficient (Wildman–Crippen LogP) is 0.971. The van der Waals surface area contributed by atoms with Crippen LogP contribution in [0.4, 0.5) is 0 Å². The number of aliphatic carboxylic acids is 1. The van der Waals surface area contributed by atoms with Crippen molar-refractivity contribution in [2.75, 3.05) is 6.54 Å². The minimum atomic E-state index is -1.06. The number of likely N-dealkylation sites (tertiary alicyclic amines) is 1. The Labute approximate surface area is 109 Å². The van der Waals surface area contributed by atoms with Gasteiger partial charge in [0, 0.05) is 13.0 Å². The highest BCUT2D eigenvalue weighted by Crippen LogP contribution is 2.25. The Hall–Kier alpha value is -1.40. The Kier molecular flexibility index (Phi) is 3.68. The zero-order valence-corrected chi connectivity index (χ0v) is 10.8. The summed E-state index contributed by atoms with van der Waals surface area (Å²) in [7, 11) is 0. The molecular weight excluding hydrogens is 254 g/mol. The molecule has 1 amide bonds. The number of thiophene rings is 1. The lowest BCUT2D eigenvalue weighted by atomic mass is 10.1. The molecule has 2 rings (SSSR count). The predicted molar refractivity (Wildman–Crippen MR) is 66.8 cm³/mol. The van der Waals surface area contributed by atoms with Crippen molar-refractivity contribution < 1.29 is 19.8 Å². The molecule has 2 heterocycles. The van der Waals surface area contributed by atoms with Gasteiger partial charge in [0.25, 0.3) is 5.91 Å². The molecule has 1 aliphatic heterocycles. The fourth-order valence-electron chi connectivity index (χ4n) is 2.20. The van der Waals surface area contributed by atoms with E-state index >= 15 is 0 Å². The van der Waals surface area contributed by atoms with Crippen LogP contribution in [0.2, 0.25) is 0 Å². The van der Waals surface area contributed by atoms with E-state index in [-0.39, 0.29) is 18.9 Å². The molecule has 0 radical (unpaired) electrons. The van der Waals surface area contributed by atoms with Crippen LogP contribution >= 0.6 is 11.3 Å². The largest absolute Gasteiger partial charge is 0.480 e. The van der Waals surface area contributed by atoms with E-state index in [4.69, 9.17) is 5.11 Å². The molecule has 1 aliphatic rings. The third-order valence-corrected chi connectivity index (χ3v) is 4.09. The van der Waals surface area contributed by atoms with Gasteiger partial charge in [-0.05, 0) is 23.4 Å². The minimum absolute atomic E-state index is 0.0941. The highest BCUT2D eigenvalue weighted by atomic mass is 32.1. The van der Waals surface area contributed by atoms with Gasteiger partial charge in [-0.3, -0.25) is 4.79 Å². The molecule has 1 saturated heterocycles. The van der Waals surface area contributed by atoms with E-state index in [1.165, 1.54) is 16.2 Å². The second kappa shape index (κ2) is 5.07. The number of aliphatic hydroxyl groups excluding tert-OH is 1. The normalized spacial score (nSPS) is 23.3. The maximum absolute atomic E-state index is 12.3. The number of carboxylic acid groups (broad SMARTS) is 1. The van der Waals surface area contributed by atoms with Gasteiger partial charge in [-0.15, -0.1) is 11.3 Å². The Bertz CT molecular complexity index is 470. The summed E-state index contributed by atoms with van der Waals surface area (Å²) in [6.45, 7) is 2.04. The monoisotopic (exact) mass is 269 g/mol. The number of nitrogens with zero attached hydrogens (tertiary/aromatic N) is 1. The summed E-state index contributed by atoms with van der Waals surface area (Å²) in [4.78, 5) is 25.2. The van der Waals surface area contributed by atoms with Crippen LogP contribution in [0.25, 0.3) is 0 Å². The molecule has 2 unspecified atom stereocenters. The van der Waals surface area contributed by atoms with E-state index in [9.17, 15) is 14.7 Å². The summed E-state index contributed by atoms with van der Waals surface area (Å²) >= 11 is 1.32. The molecular formula is C12H15NO4S. The first-order valence-electron chi connectivity index (χ1n) is 5.82. The van der Waals surface area contributed by atoms with Crippen molar-refractivity contribution in [1.29, 1.82) is 0 Å². The smallest absolute Gasteiger partial charge is 0.326 e. The van der Waals surface area contributed by atoms with E-state index in [1.54, 1.807) is 0 Å². The van der Waals surface area contributed by atoms with E-state index in [0.717, 1.165) is 12.0 Å². The Balaban J connectivity index is 2.25. The number of aliphatic hydroxyl groups is 1. The maximum Gasteiger partial charge on any atom is 0.326 e. The van der Waals surface area contributed by atoms with Crippen LogP contribution < -0.4 is 0 Å². The van der Waals surface area contributed by atoms with Crippen LogP contribution in [0, 0.1) is 0 Å². The number of carbonyl (C=O) groups excluding carboxylic acids is 1. The number of rotatable bonds is 3. The lowest BCUT2D eigenvalue weighted by Gasteiger charge is -2.20. The summed E-state index contributed by atoms with van der Waals surface area (Å²) in [6.07, 6.45) is 0.0900. The third-order valence-electron chi connectivity index (χ3n) is 3.15. The van der Waals surface area contributed by atoms with Crippen molar-refractivity contribution in [2.45, 2.75) is 31.9 Å². The van der Waals surface area contributed by atoms with Crippen molar-refractivity contribution >= 4 is 23.2 Å². The zero-order chi connectivity index (χ0) is 13.3. The van der Waals surface area contributed by atoms with E-state index in [0.29, 0.717) is 4.88 Å². The Morgan fingerprint density at radius 2 is 2.28 bits per heavy atom. The molecule has 1 fully saturated rings. The summed E-state index contributed by atoms with van der Waals surface area (Å²) in [5, 5.41) is 20.4. The molecule has 18 heavy (non-hydrogen) atoms. The number of β-amino-alcohol motifs (C(OH)–C–C–N with tert-alkyl or cyclic N) is 1. The fraction of sp³-hybridized carbons (Fsp3) is 0.500. The molecule has 0 aliphatic carbocycles. The van der Waals surface area contributed by atoms with Crippen molar-refractivity contribution in [1.82, 2.24) is 4.90 Å². The molecule has 0 saturated carbocycles. The summed E-state index contributed by atoms with van der Waals surface area (Å²) in [5.41, 5.74) is 0.926. The fourth-order valence-corrected chi connectivity index (χ4v) is 3.15. The molecule has 5 nitrogen and oxygen atoms in total. The molecule has 98 valence electrons. The molecule has 6 heteroatoms. The van der Waals surface area contributed by atoms with Crippen LogP contribution in [0.3, 0.4) is 0 Å². The first kappa shape index (κ1) is 13.0. The Morgan fingerprint density at radius 3 is 2.89 bits per heavy atom. The molecule has 0 aromatic carbocycles. The van der Waals surface area contributed by atoms with Gasteiger partial charge in [0.15, 0.2) is 0 Å². The standard InChI is InChI=1S/C12H15NO4S/c1-2-7-3-4-18-10(7)11(15)13-6-8(14)5-9(13)12(16)17/h3-4,8-9,14H,2,5-6H2,1H3,(H,16,17). The average Bonchev–Trinajstić information content (AvgIpc) is 2.93. The zero-order valence-electron chi connectivity index (χ0n) is 10.00. The number of carbonyl (C=O) groups is 2. The lowest BCUT2D eigenvalue weighted by Crippen LogP contribution is -2.40. The minimum Gasteiger partial charge on any atom is -0.480 e. The van der Waals surface area contributed by atoms with Crippen LogP contribution in [0.5, 0.6) is 0 Å². The highest BCUT2D eigenvalue weighted by Gasteiger charge is 2.39. The molecule has 2 atom stereocenters. The van der Waals surface area contributed by atoms with Crippen LogP contribution in [-0.2, 0) is 11.2 Å². The van der Waals surface area contributed by atoms with E-state index in [2.05, 4.69) is 0 Å². The van der Waals surface area contributed by atoms with Crippen molar-refractivity contribution in [3.8, 4) is 0 Å². The van der Waals surface area contributed by atoms with Gasteiger partial charge in [0.2, 0.25) is 0 Å². The SMILES string of the molecule is CCc1ccsc1C(=O)N1CC(O)CC1C(=O)O. The number of hydrogen-bond donors (Lipinski definition) is 2. The van der Waals surface area contributed by atoms with Gasteiger partial charge in [0.05, 0.1) is 11.0 Å². The van der Waals surface area contributed by atoms with Crippen molar-refractivity contribution in [3.63, 3.8) is 0 Å². The maximum atomic E-state index is 12.3. The van der Waals surface area contributed by atoms with E-state index in [1.807, 2.05) is 18.4 Å². The molecule has 1 aromatic heterocycles. The van der Waals surface area contributed by atoms with E-state index < -0.39 is 18.1 Å². The molecule has 1 aromatic rings. The van der Waals surface area contributed by atoms with Crippen molar-refractivity contribution in [2.24, 2.45) is 0 Å². The first-order valence-corrected chi connectivity index (χ1v) is 6.70. The summed E-state index contributed by atoms with van der Waals surface area (Å²) in [6, 6.07) is 0.958. The Morgan fingerprint density at radius 1 is 1.56 bits per heavy atom. The summed E-state index contributed by atoms with van der Waals surface area (Å²) < 4.78 is 0. The average molecular weight is 269 g/mol. The second-order valence-corrected chi connectivity index (χ2v) is 5.25. The first-order chi connectivity index (χ1) is 8.54. The molecule has 0 bridgehead atoms. The quantitative estimate of drug-likeness (QED) is 0.857. The highest BCUT2D eigenvalue weighted by molar-refractivity contribution is 7.12. The molecule has 0 spiro atoms. The van der Waals surface area contributed by atoms with Crippen molar-refractivity contribution in [3.05, 3.63) is 21.9 Å². The van der Waals surface area contributed by atoms with Gasteiger partial charge in [-0.1, -0.05) is 6.92 Å². The number of aryl methyl sites for hydroxylation is 1. The number of carboxylic acids is 1. The second-order valence-electron chi connectivity index (χ2n) is 4.33. The summed E-state index contributed by atoms with van der Waals surface area (Å²) in [5.74, 6) is -1.35. The number of hydrogen-bond acceptors (Lipinski definition) is 4. The third kappa shape index (κ3) is 2.26. The van der Waals surface area contributed by atoms with Gasteiger partial charge in [-0.25, -0.2) is 4.79 Å². The van der Waals surface area contributed by atoms with Crippen LogP contribution in [0.15, 0.2) is 11.4 Å².